The van der Waals surface area contributed by atoms with Crippen molar-refractivity contribution >= 4 is 0 Å². The maximum atomic E-state index is 13.9. The lowest BCUT2D eigenvalue weighted by atomic mass is 9.95. The predicted molar refractivity (Wildman–Crippen MR) is 70.9 cm³/mol. The van der Waals surface area contributed by atoms with Crippen molar-refractivity contribution in [2.24, 2.45) is 0 Å². The molecule has 1 N–H and O–H groups in total. The number of benzene rings is 2. The summed E-state index contributed by atoms with van der Waals surface area (Å²) in [5.41, 5.74) is 1.14. The van der Waals surface area contributed by atoms with E-state index in [1.54, 1.807) is 19.9 Å². The molecule has 0 fully saturated rings. The summed E-state index contributed by atoms with van der Waals surface area (Å²) in [5.74, 6) is -2.05. The van der Waals surface area contributed by atoms with Gasteiger partial charge >= 0.3 is 0 Å². The van der Waals surface area contributed by atoms with E-state index in [0.29, 0.717) is 5.56 Å². The topological polar surface area (TPSA) is 20.2 Å². The first kappa shape index (κ1) is 14.6. The van der Waals surface area contributed by atoms with Crippen molar-refractivity contribution in [2.75, 3.05) is 0 Å². The standard InChI is InChI=1S/C16H15F3O/c1-9-6-10(2)16(14(19)7-9)15(20)8-11-12(17)4-3-5-13(11)18/h3-7,15,20H,8H2,1-2H3. The third-order valence-electron chi connectivity index (χ3n) is 3.27. The lowest BCUT2D eigenvalue weighted by Crippen LogP contribution is -2.09. The molecule has 0 aliphatic heterocycles. The van der Waals surface area contributed by atoms with Gasteiger partial charge in [-0.25, -0.2) is 13.2 Å². The van der Waals surface area contributed by atoms with E-state index >= 15 is 0 Å². The Labute approximate surface area is 115 Å². The summed E-state index contributed by atoms with van der Waals surface area (Å²) in [6.45, 7) is 3.40. The minimum Gasteiger partial charge on any atom is -0.388 e. The van der Waals surface area contributed by atoms with Gasteiger partial charge in [0.15, 0.2) is 0 Å². The van der Waals surface area contributed by atoms with Crippen LogP contribution in [0.1, 0.15) is 28.4 Å². The Morgan fingerprint density at radius 2 is 1.60 bits per heavy atom. The zero-order valence-corrected chi connectivity index (χ0v) is 11.3. The Morgan fingerprint density at radius 3 is 2.15 bits per heavy atom. The van der Waals surface area contributed by atoms with Gasteiger partial charge in [-0.05, 0) is 43.2 Å². The summed E-state index contributed by atoms with van der Waals surface area (Å²) >= 11 is 0. The SMILES string of the molecule is Cc1cc(C)c(C(O)Cc2c(F)cccc2F)c(F)c1. The molecule has 2 rings (SSSR count). The van der Waals surface area contributed by atoms with Gasteiger partial charge in [-0.1, -0.05) is 12.1 Å². The molecule has 0 aliphatic rings. The van der Waals surface area contributed by atoms with Gasteiger partial charge in [-0.15, -0.1) is 0 Å². The van der Waals surface area contributed by atoms with Crippen LogP contribution in [0.2, 0.25) is 0 Å². The highest BCUT2D eigenvalue weighted by Crippen LogP contribution is 2.27. The van der Waals surface area contributed by atoms with Crippen molar-refractivity contribution in [3.05, 3.63) is 70.0 Å². The highest BCUT2D eigenvalue weighted by Gasteiger charge is 2.20. The fraction of sp³-hybridized carbons (Fsp3) is 0.250. The molecule has 1 unspecified atom stereocenters. The summed E-state index contributed by atoms with van der Waals surface area (Å²) in [7, 11) is 0. The predicted octanol–water partition coefficient (Wildman–Crippen LogP) is 4.00. The van der Waals surface area contributed by atoms with E-state index < -0.39 is 23.6 Å². The van der Waals surface area contributed by atoms with Gasteiger partial charge in [-0.3, -0.25) is 0 Å². The zero-order chi connectivity index (χ0) is 14.9. The second-order valence-electron chi connectivity index (χ2n) is 4.90. The van der Waals surface area contributed by atoms with Crippen molar-refractivity contribution in [1.82, 2.24) is 0 Å². The minimum absolute atomic E-state index is 0.0817. The van der Waals surface area contributed by atoms with Gasteiger partial charge in [-0.2, -0.15) is 0 Å². The van der Waals surface area contributed by atoms with Crippen molar-refractivity contribution in [3.63, 3.8) is 0 Å². The lowest BCUT2D eigenvalue weighted by molar-refractivity contribution is 0.170. The summed E-state index contributed by atoms with van der Waals surface area (Å²) in [4.78, 5) is 0. The fourth-order valence-corrected chi connectivity index (χ4v) is 2.37. The highest BCUT2D eigenvalue weighted by molar-refractivity contribution is 5.35. The molecule has 0 saturated carbocycles. The number of halogens is 3. The smallest absolute Gasteiger partial charge is 0.129 e. The molecule has 106 valence electrons. The van der Waals surface area contributed by atoms with E-state index in [9.17, 15) is 18.3 Å². The molecule has 0 heterocycles. The molecule has 1 atom stereocenters. The van der Waals surface area contributed by atoms with Gasteiger partial charge in [0.2, 0.25) is 0 Å². The molecule has 0 amide bonds. The van der Waals surface area contributed by atoms with E-state index in [0.717, 1.165) is 17.7 Å². The van der Waals surface area contributed by atoms with Gasteiger partial charge in [0.05, 0.1) is 6.10 Å². The van der Waals surface area contributed by atoms with Crippen LogP contribution in [0.4, 0.5) is 13.2 Å². The zero-order valence-electron chi connectivity index (χ0n) is 11.3. The number of aliphatic hydroxyl groups is 1. The van der Waals surface area contributed by atoms with Gasteiger partial charge in [0.1, 0.15) is 17.5 Å². The molecule has 0 aromatic heterocycles. The molecule has 20 heavy (non-hydrogen) atoms. The average Bonchev–Trinajstić information content (AvgIpc) is 2.32. The van der Waals surface area contributed by atoms with Crippen LogP contribution in [0.25, 0.3) is 0 Å². The molecule has 2 aromatic rings. The van der Waals surface area contributed by atoms with Crippen LogP contribution in [0, 0.1) is 31.3 Å². The van der Waals surface area contributed by atoms with Crippen LogP contribution in [0.5, 0.6) is 0 Å². The molecule has 4 heteroatoms. The van der Waals surface area contributed by atoms with Crippen LogP contribution in [0.3, 0.4) is 0 Å². The Bertz CT molecular complexity index is 594. The third kappa shape index (κ3) is 2.85. The molecule has 2 aromatic carbocycles. The first-order valence-electron chi connectivity index (χ1n) is 6.27. The Kier molecular flexibility index (Phi) is 4.14. The first-order valence-corrected chi connectivity index (χ1v) is 6.27. The number of aliphatic hydroxyl groups excluding tert-OH is 1. The maximum Gasteiger partial charge on any atom is 0.129 e. The first-order chi connectivity index (χ1) is 9.40. The summed E-state index contributed by atoms with van der Waals surface area (Å²) in [6.07, 6.45) is -1.60. The van der Waals surface area contributed by atoms with Crippen LogP contribution >= 0.6 is 0 Å². The fourth-order valence-electron chi connectivity index (χ4n) is 2.37. The van der Waals surface area contributed by atoms with Crippen LogP contribution < -0.4 is 0 Å². The molecule has 1 nitrogen and oxygen atoms in total. The average molecular weight is 280 g/mol. The molecule has 0 aliphatic carbocycles. The molecule has 0 radical (unpaired) electrons. The quantitative estimate of drug-likeness (QED) is 0.901. The van der Waals surface area contributed by atoms with E-state index in [-0.39, 0.29) is 17.5 Å². The summed E-state index contributed by atoms with van der Waals surface area (Å²) in [5, 5.41) is 10.1. The second kappa shape index (κ2) is 5.67. The van der Waals surface area contributed by atoms with E-state index in [4.69, 9.17) is 0 Å². The summed E-state index contributed by atoms with van der Waals surface area (Å²) in [6, 6.07) is 6.49. The number of rotatable bonds is 3. The number of hydrogen-bond acceptors (Lipinski definition) is 1. The number of hydrogen-bond donors (Lipinski definition) is 1. The molecular formula is C16H15F3O. The Balaban J connectivity index is 2.36. The third-order valence-corrected chi connectivity index (χ3v) is 3.27. The van der Waals surface area contributed by atoms with Crippen LogP contribution in [0.15, 0.2) is 30.3 Å². The second-order valence-corrected chi connectivity index (χ2v) is 4.90. The van der Waals surface area contributed by atoms with Crippen molar-refractivity contribution < 1.29 is 18.3 Å². The highest BCUT2D eigenvalue weighted by atomic mass is 19.1. The Hall–Kier alpha value is -1.81. The molecule has 0 saturated heterocycles. The summed E-state index contributed by atoms with van der Waals surface area (Å²) < 4.78 is 41.0. The largest absolute Gasteiger partial charge is 0.388 e. The van der Waals surface area contributed by atoms with Crippen molar-refractivity contribution in [3.8, 4) is 0 Å². The van der Waals surface area contributed by atoms with E-state index in [2.05, 4.69) is 0 Å². The van der Waals surface area contributed by atoms with Gasteiger partial charge < -0.3 is 5.11 Å². The van der Waals surface area contributed by atoms with E-state index in [1.807, 2.05) is 0 Å². The van der Waals surface area contributed by atoms with Crippen LogP contribution in [-0.2, 0) is 6.42 Å². The molecular weight excluding hydrogens is 265 g/mol. The number of aryl methyl sites for hydroxylation is 2. The van der Waals surface area contributed by atoms with Crippen molar-refractivity contribution in [2.45, 2.75) is 26.4 Å². The Morgan fingerprint density at radius 1 is 1.00 bits per heavy atom. The van der Waals surface area contributed by atoms with Crippen molar-refractivity contribution in [1.29, 1.82) is 0 Å². The van der Waals surface area contributed by atoms with Gasteiger partial charge in [0, 0.05) is 17.5 Å². The lowest BCUT2D eigenvalue weighted by Gasteiger charge is -2.16. The van der Waals surface area contributed by atoms with Crippen LogP contribution in [-0.4, -0.2) is 5.11 Å². The van der Waals surface area contributed by atoms with E-state index in [1.165, 1.54) is 12.1 Å². The van der Waals surface area contributed by atoms with Gasteiger partial charge in [0.25, 0.3) is 0 Å². The molecule has 0 spiro atoms. The molecule has 0 bridgehead atoms. The normalized spacial score (nSPS) is 12.5. The minimum atomic E-state index is -1.29. The maximum absolute atomic E-state index is 13.9. The monoisotopic (exact) mass is 280 g/mol.